The zero-order valence-corrected chi connectivity index (χ0v) is 11.8. The zero-order valence-electron chi connectivity index (χ0n) is 11.8. The van der Waals surface area contributed by atoms with Gasteiger partial charge in [-0.2, -0.15) is 10.5 Å². The maximum atomic E-state index is 8.39. The molecule has 0 aromatic heterocycles. The van der Waals surface area contributed by atoms with Crippen LogP contribution in [0.4, 0.5) is 0 Å². The van der Waals surface area contributed by atoms with Crippen LogP contribution in [0.5, 0.6) is 0 Å². The molecule has 2 nitrogen and oxygen atoms in total. The highest BCUT2D eigenvalue weighted by atomic mass is 14.2. The predicted octanol–water partition coefficient (Wildman–Crippen LogP) is 5.49. The van der Waals surface area contributed by atoms with Crippen molar-refractivity contribution >= 4 is 0 Å². The lowest BCUT2D eigenvalue weighted by atomic mass is 10.0. The molecule has 0 aliphatic carbocycles. The standard InChI is InChI=1S/C16H28N2/c17-15-13-11-9-7-5-3-1-2-4-6-8-10-12-14-16-18/h1-14H2. The maximum absolute atomic E-state index is 8.39. The van der Waals surface area contributed by atoms with Crippen molar-refractivity contribution in [3.05, 3.63) is 0 Å². The second-order valence-corrected chi connectivity index (χ2v) is 5.06. The molecular weight excluding hydrogens is 220 g/mol. The van der Waals surface area contributed by atoms with Crippen molar-refractivity contribution < 1.29 is 0 Å². The minimum absolute atomic E-state index is 0.728. The third-order valence-electron chi connectivity index (χ3n) is 3.33. The van der Waals surface area contributed by atoms with Crippen LogP contribution in [-0.2, 0) is 0 Å². The Kier molecular flexibility index (Phi) is 15.1. The lowest BCUT2D eigenvalue weighted by molar-refractivity contribution is 0.543. The lowest BCUT2D eigenvalue weighted by Gasteiger charge is -2.02. The Morgan fingerprint density at radius 1 is 0.389 bits per heavy atom. The average molecular weight is 248 g/mol. The lowest BCUT2D eigenvalue weighted by Crippen LogP contribution is -1.82. The number of unbranched alkanes of at least 4 members (excludes halogenated alkanes) is 13. The highest BCUT2D eigenvalue weighted by Crippen LogP contribution is 2.12. The van der Waals surface area contributed by atoms with Crippen LogP contribution < -0.4 is 0 Å². The number of hydrogen-bond donors (Lipinski definition) is 0. The van der Waals surface area contributed by atoms with Gasteiger partial charge in [-0.1, -0.05) is 64.2 Å². The van der Waals surface area contributed by atoms with E-state index in [1.807, 2.05) is 0 Å². The van der Waals surface area contributed by atoms with Crippen LogP contribution >= 0.6 is 0 Å². The van der Waals surface area contributed by atoms with E-state index in [-0.39, 0.29) is 0 Å². The summed E-state index contributed by atoms with van der Waals surface area (Å²) < 4.78 is 0. The van der Waals surface area contributed by atoms with Crippen molar-refractivity contribution in [3.63, 3.8) is 0 Å². The Labute approximate surface area is 113 Å². The molecule has 2 heteroatoms. The highest BCUT2D eigenvalue weighted by Gasteiger charge is 1.93. The average Bonchev–Trinajstić information content (AvgIpc) is 2.39. The summed E-state index contributed by atoms with van der Waals surface area (Å²) in [5.41, 5.74) is 0. The monoisotopic (exact) mass is 248 g/mol. The van der Waals surface area contributed by atoms with E-state index in [1.165, 1.54) is 64.2 Å². The first-order valence-electron chi connectivity index (χ1n) is 7.65. The van der Waals surface area contributed by atoms with Crippen LogP contribution in [0.2, 0.25) is 0 Å². The van der Waals surface area contributed by atoms with E-state index in [9.17, 15) is 0 Å². The molecule has 0 aliphatic rings. The Bertz CT molecular complexity index is 208. The fraction of sp³-hybridized carbons (Fsp3) is 0.875. The number of rotatable bonds is 13. The van der Waals surface area contributed by atoms with Gasteiger partial charge in [0.15, 0.2) is 0 Å². The van der Waals surface area contributed by atoms with Gasteiger partial charge in [-0.3, -0.25) is 0 Å². The van der Waals surface area contributed by atoms with E-state index < -0.39 is 0 Å². The van der Waals surface area contributed by atoms with Crippen molar-refractivity contribution in [1.29, 1.82) is 10.5 Å². The third-order valence-corrected chi connectivity index (χ3v) is 3.33. The molecule has 0 N–H and O–H groups in total. The van der Waals surface area contributed by atoms with Gasteiger partial charge >= 0.3 is 0 Å². The summed E-state index contributed by atoms with van der Waals surface area (Å²) in [7, 11) is 0. The quantitative estimate of drug-likeness (QED) is 0.404. The predicted molar refractivity (Wildman–Crippen MR) is 75.9 cm³/mol. The van der Waals surface area contributed by atoms with Gasteiger partial charge in [0.25, 0.3) is 0 Å². The molecule has 0 aliphatic heterocycles. The molecular formula is C16H28N2. The molecule has 18 heavy (non-hydrogen) atoms. The van der Waals surface area contributed by atoms with Crippen molar-refractivity contribution in [2.75, 3.05) is 0 Å². The van der Waals surface area contributed by atoms with Gasteiger partial charge in [0.1, 0.15) is 0 Å². The van der Waals surface area contributed by atoms with Crippen LogP contribution in [0.25, 0.3) is 0 Å². The maximum Gasteiger partial charge on any atom is 0.0621 e. The van der Waals surface area contributed by atoms with E-state index >= 15 is 0 Å². The Hall–Kier alpha value is -1.02. The van der Waals surface area contributed by atoms with Crippen LogP contribution in [0.1, 0.15) is 89.9 Å². The van der Waals surface area contributed by atoms with E-state index in [1.54, 1.807) is 0 Å². The van der Waals surface area contributed by atoms with E-state index in [0.717, 1.165) is 25.7 Å². The summed E-state index contributed by atoms with van der Waals surface area (Å²) in [4.78, 5) is 0. The smallest absolute Gasteiger partial charge is 0.0621 e. The summed E-state index contributed by atoms with van der Waals surface area (Å²) in [5.74, 6) is 0. The molecule has 0 aromatic rings. The van der Waals surface area contributed by atoms with E-state index in [2.05, 4.69) is 12.1 Å². The number of hydrogen-bond acceptors (Lipinski definition) is 2. The normalized spacial score (nSPS) is 9.89. The van der Waals surface area contributed by atoms with Crippen LogP contribution in [0.3, 0.4) is 0 Å². The largest absolute Gasteiger partial charge is 0.198 e. The molecule has 0 fully saturated rings. The topological polar surface area (TPSA) is 47.6 Å². The molecule has 0 saturated heterocycles. The minimum atomic E-state index is 0.728. The molecule has 0 saturated carbocycles. The van der Waals surface area contributed by atoms with Crippen LogP contribution in [0, 0.1) is 22.7 Å². The fourth-order valence-corrected chi connectivity index (χ4v) is 2.18. The summed E-state index contributed by atoms with van der Waals surface area (Å²) in [6.45, 7) is 0. The van der Waals surface area contributed by atoms with E-state index in [4.69, 9.17) is 10.5 Å². The molecule has 102 valence electrons. The first-order chi connectivity index (χ1) is 8.91. The summed E-state index contributed by atoms with van der Waals surface area (Å²) in [6.07, 6.45) is 16.8. The van der Waals surface area contributed by atoms with Gasteiger partial charge in [0, 0.05) is 12.8 Å². The second-order valence-electron chi connectivity index (χ2n) is 5.06. The second kappa shape index (κ2) is 16.0. The van der Waals surface area contributed by atoms with Gasteiger partial charge in [-0.15, -0.1) is 0 Å². The minimum Gasteiger partial charge on any atom is -0.198 e. The molecule has 0 aromatic carbocycles. The van der Waals surface area contributed by atoms with Gasteiger partial charge < -0.3 is 0 Å². The zero-order chi connectivity index (χ0) is 13.3. The number of nitriles is 2. The van der Waals surface area contributed by atoms with Crippen molar-refractivity contribution in [2.45, 2.75) is 89.9 Å². The summed E-state index contributed by atoms with van der Waals surface area (Å²) in [5, 5.41) is 16.8. The molecule has 0 rings (SSSR count). The van der Waals surface area contributed by atoms with Crippen molar-refractivity contribution in [2.24, 2.45) is 0 Å². The van der Waals surface area contributed by atoms with Gasteiger partial charge in [0.05, 0.1) is 12.1 Å². The van der Waals surface area contributed by atoms with Gasteiger partial charge in [0.2, 0.25) is 0 Å². The van der Waals surface area contributed by atoms with Crippen molar-refractivity contribution in [3.8, 4) is 12.1 Å². The Morgan fingerprint density at radius 2 is 0.611 bits per heavy atom. The summed E-state index contributed by atoms with van der Waals surface area (Å²) in [6, 6.07) is 4.39. The molecule has 0 atom stereocenters. The first-order valence-corrected chi connectivity index (χ1v) is 7.65. The Morgan fingerprint density at radius 3 is 0.833 bits per heavy atom. The molecule has 0 amide bonds. The highest BCUT2D eigenvalue weighted by molar-refractivity contribution is 4.68. The SMILES string of the molecule is N#CCCCCCCCCCCCCCCC#N. The molecule has 0 radical (unpaired) electrons. The van der Waals surface area contributed by atoms with Gasteiger partial charge in [-0.05, 0) is 12.8 Å². The van der Waals surface area contributed by atoms with Crippen LogP contribution in [0.15, 0.2) is 0 Å². The van der Waals surface area contributed by atoms with E-state index in [0.29, 0.717) is 0 Å². The Balaban J connectivity index is 2.91. The van der Waals surface area contributed by atoms with Crippen molar-refractivity contribution in [1.82, 2.24) is 0 Å². The summed E-state index contributed by atoms with van der Waals surface area (Å²) >= 11 is 0. The fourth-order valence-electron chi connectivity index (χ4n) is 2.18. The number of nitrogens with zero attached hydrogens (tertiary/aromatic N) is 2. The molecule has 0 heterocycles. The third kappa shape index (κ3) is 15.0. The molecule has 0 bridgehead atoms. The van der Waals surface area contributed by atoms with Crippen LogP contribution in [-0.4, -0.2) is 0 Å². The van der Waals surface area contributed by atoms with Gasteiger partial charge in [-0.25, -0.2) is 0 Å². The molecule has 0 unspecified atom stereocenters. The molecule has 0 spiro atoms. The first kappa shape index (κ1) is 17.0.